The van der Waals surface area contributed by atoms with E-state index in [9.17, 15) is 0 Å². The summed E-state index contributed by atoms with van der Waals surface area (Å²) in [5, 5.41) is 3.64. The summed E-state index contributed by atoms with van der Waals surface area (Å²) in [6.45, 7) is 9.73. The lowest BCUT2D eigenvalue weighted by atomic mass is 9.82. The van der Waals surface area contributed by atoms with Crippen LogP contribution in [0.25, 0.3) is 0 Å². The van der Waals surface area contributed by atoms with Gasteiger partial charge in [0, 0.05) is 24.9 Å². The highest BCUT2D eigenvalue weighted by atomic mass is 32.2. The largest absolute Gasteiger partial charge is 0.380 e. The minimum absolute atomic E-state index is 0.453. The molecule has 1 aliphatic heterocycles. The number of hydrogen-bond donors (Lipinski definition) is 1. The van der Waals surface area contributed by atoms with Gasteiger partial charge < -0.3 is 10.1 Å². The van der Waals surface area contributed by atoms with Gasteiger partial charge in [-0.15, -0.1) is 0 Å². The molecule has 16 heavy (non-hydrogen) atoms. The first-order valence-electron chi connectivity index (χ1n) is 6.55. The Kier molecular flexibility index (Phi) is 6.78. The third-order valence-corrected chi connectivity index (χ3v) is 4.46. The van der Waals surface area contributed by atoms with E-state index >= 15 is 0 Å². The molecule has 0 amide bonds. The molecule has 0 aromatic rings. The molecule has 1 rings (SSSR count). The van der Waals surface area contributed by atoms with E-state index in [4.69, 9.17) is 4.74 Å². The summed E-state index contributed by atoms with van der Waals surface area (Å²) in [4.78, 5) is 0. The average Bonchev–Trinajstić information content (AvgIpc) is 2.25. The Balaban J connectivity index is 2.07. The van der Waals surface area contributed by atoms with Crippen LogP contribution in [0.4, 0.5) is 0 Å². The number of ether oxygens (including phenoxy) is 1. The first-order valence-corrected chi connectivity index (χ1v) is 7.71. The molecule has 1 N–H and O–H groups in total. The molecule has 2 nitrogen and oxygen atoms in total. The molecule has 0 aromatic carbocycles. The van der Waals surface area contributed by atoms with E-state index in [0.29, 0.717) is 11.5 Å². The van der Waals surface area contributed by atoms with Crippen molar-refractivity contribution in [1.29, 1.82) is 0 Å². The summed E-state index contributed by atoms with van der Waals surface area (Å²) in [6.07, 6.45) is 3.73. The Hall–Kier alpha value is 0.270. The van der Waals surface area contributed by atoms with E-state index in [1.165, 1.54) is 30.8 Å². The molecule has 96 valence electrons. The highest BCUT2D eigenvalue weighted by Gasteiger charge is 2.31. The second-order valence-corrected chi connectivity index (χ2v) is 6.44. The quantitative estimate of drug-likeness (QED) is 0.697. The lowest BCUT2D eigenvalue weighted by Crippen LogP contribution is -2.47. The van der Waals surface area contributed by atoms with Crippen LogP contribution in [0.2, 0.25) is 0 Å². The summed E-state index contributed by atoms with van der Waals surface area (Å²) in [5.74, 6) is 2.57. The normalized spacial score (nSPS) is 24.6. The molecule has 1 atom stereocenters. The highest BCUT2D eigenvalue weighted by molar-refractivity contribution is 7.99. The van der Waals surface area contributed by atoms with Gasteiger partial charge in [-0.3, -0.25) is 0 Å². The number of unbranched alkanes of at least 4 members (excludes halogenated alkanes) is 1. The van der Waals surface area contributed by atoms with Gasteiger partial charge in [-0.05, 0) is 24.0 Å². The number of rotatable bonds is 7. The SMILES string of the molecule is CCCCOCCNC1CSCCC1(C)C. The smallest absolute Gasteiger partial charge is 0.0591 e. The third-order valence-electron chi connectivity index (χ3n) is 3.40. The maximum atomic E-state index is 5.56. The first kappa shape index (κ1) is 14.3. The molecule has 3 heteroatoms. The van der Waals surface area contributed by atoms with Gasteiger partial charge in [0.05, 0.1) is 6.61 Å². The summed E-state index contributed by atoms with van der Waals surface area (Å²) < 4.78 is 5.56. The monoisotopic (exact) mass is 245 g/mol. The molecule has 0 spiro atoms. The number of nitrogens with one attached hydrogen (secondary N) is 1. The Morgan fingerprint density at radius 1 is 1.38 bits per heavy atom. The van der Waals surface area contributed by atoms with Gasteiger partial charge in [-0.1, -0.05) is 27.2 Å². The molecular formula is C13H27NOS. The van der Waals surface area contributed by atoms with Crippen molar-refractivity contribution in [2.75, 3.05) is 31.3 Å². The van der Waals surface area contributed by atoms with Crippen LogP contribution < -0.4 is 5.32 Å². The van der Waals surface area contributed by atoms with Gasteiger partial charge in [-0.2, -0.15) is 11.8 Å². The van der Waals surface area contributed by atoms with Crippen molar-refractivity contribution in [3.05, 3.63) is 0 Å². The Morgan fingerprint density at radius 2 is 2.19 bits per heavy atom. The summed E-state index contributed by atoms with van der Waals surface area (Å²) in [7, 11) is 0. The molecule has 1 saturated heterocycles. The molecule has 0 saturated carbocycles. The Labute approximate surface area is 105 Å². The lowest BCUT2D eigenvalue weighted by Gasteiger charge is -2.38. The highest BCUT2D eigenvalue weighted by Crippen LogP contribution is 2.33. The maximum absolute atomic E-state index is 5.56. The summed E-state index contributed by atoms with van der Waals surface area (Å²) in [6, 6.07) is 0.654. The minimum Gasteiger partial charge on any atom is -0.380 e. The van der Waals surface area contributed by atoms with E-state index in [1.54, 1.807) is 0 Å². The molecule has 1 unspecified atom stereocenters. The standard InChI is InChI=1S/C13H27NOS/c1-4-5-8-15-9-7-14-12-11-16-10-6-13(12,2)3/h12,14H,4-11H2,1-3H3. The summed E-state index contributed by atoms with van der Waals surface area (Å²) in [5.41, 5.74) is 0.453. The van der Waals surface area contributed by atoms with Gasteiger partial charge in [0.25, 0.3) is 0 Å². The van der Waals surface area contributed by atoms with Crippen LogP contribution in [0.1, 0.15) is 40.0 Å². The lowest BCUT2D eigenvalue weighted by molar-refractivity contribution is 0.124. The van der Waals surface area contributed by atoms with Crippen molar-refractivity contribution in [2.45, 2.75) is 46.1 Å². The zero-order valence-electron chi connectivity index (χ0n) is 11.1. The van der Waals surface area contributed by atoms with Crippen molar-refractivity contribution < 1.29 is 4.74 Å². The van der Waals surface area contributed by atoms with Crippen LogP contribution >= 0.6 is 11.8 Å². The zero-order valence-corrected chi connectivity index (χ0v) is 11.9. The first-order chi connectivity index (χ1) is 7.67. The number of hydrogen-bond acceptors (Lipinski definition) is 3. The topological polar surface area (TPSA) is 21.3 Å². The maximum Gasteiger partial charge on any atom is 0.0591 e. The van der Waals surface area contributed by atoms with Crippen molar-refractivity contribution in [3.8, 4) is 0 Å². The van der Waals surface area contributed by atoms with Gasteiger partial charge in [0.1, 0.15) is 0 Å². The molecule has 0 bridgehead atoms. The van der Waals surface area contributed by atoms with Gasteiger partial charge in [0.2, 0.25) is 0 Å². The van der Waals surface area contributed by atoms with Crippen LogP contribution in [0.5, 0.6) is 0 Å². The second-order valence-electron chi connectivity index (χ2n) is 5.29. The molecule has 0 aliphatic carbocycles. The third kappa shape index (κ3) is 5.07. The fraction of sp³-hybridized carbons (Fsp3) is 1.00. The Bertz CT molecular complexity index is 185. The van der Waals surface area contributed by atoms with Crippen LogP contribution in [0, 0.1) is 5.41 Å². The van der Waals surface area contributed by atoms with E-state index in [2.05, 4.69) is 37.8 Å². The van der Waals surface area contributed by atoms with Crippen LogP contribution in [0.15, 0.2) is 0 Å². The minimum atomic E-state index is 0.453. The fourth-order valence-corrected chi connectivity index (χ4v) is 3.57. The summed E-state index contributed by atoms with van der Waals surface area (Å²) >= 11 is 2.07. The van der Waals surface area contributed by atoms with Gasteiger partial charge >= 0.3 is 0 Å². The van der Waals surface area contributed by atoms with Crippen molar-refractivity contribution in [1.82, 2.24) is 5.32 Å². The van der Waals surface area contributed by atoms with E-state index < -0.39 is 0 Å². The predicted octanol–water partition coefficient (Wildman–Crippen LogP) is 2.92. The van der Waals surface area contributed by atoms with Crippen molar-refractivity contribution >= 4 is 11.8 Å². The van der Waals surface area contributed by atoms with E-state index in [1.807, 2.05) is 0 Å². The fourth-order valence-electron chi connectivity index (χ4n) is 1.93. The molecule has 1 heterocycles. The molecule has 0 radical (unpaired) electrons. The molecule has 1 aliphatic rings. The second kappa shape index (κ2) is 7.57. The Morgan fingerprint density at radius 3 is 2.88 bits per heavy atom. The van der Waals surface area contributed by atoms with Crippen molar-refractivity contribution in [2.24, 2.45) is 5.41 Å². The van der Waals surface area contributed by atoms with Gasteiger partial charge in [0.15, 0.2) is 0 Å². The van der Waals surface area contributed by atoms with E-state index in [0.717, 1.165) is 19.8 Å². The van der Waals surface area contributed by atoms with Crippen LogP contribution in [0.3, 0.4) is 0 Å². The van der Waals surface area contributed by atoms with Crippen LogP contribution in [-0.4, -0.2) is 37.3 Å². The number of thioether (sulfide) groups is 1. The van der Waals surface area contributed by atoms with Gasteiger partial charge in [-0.25, -0.2) is 0 Å². The predicted molar refractivity (Wildman–Crippen MR) is 73.2 cm³/mol. The molecular weight excluding hydrogens is 218 g/mol. The molecule has 0 aromatic heterocycles. The average molecular weight is 245 g/mol. The molecule has 1 fully saturated rings. The van der Waals surface area contributed by atoms with E-state index in [-0.39, 0.29) is 0 Å². The van der Waals surface area contributed by atoms with Crippen LogP contribution in [-0.2, 0) is 4.74 Å². The van der Waals surface area contributed by atoms with Crippen molar-refractivity contribution in [3.63, 3.8) is 0 Å². The zero-order chi connectivity index (χ0) is 11.9.